The molecule has 0 spiro atoms. The smallest absolute Gasteiger partial charge is 0.315 e. The first-order valence-electron chi connectivity index (χ1n) is 9.41. The highest BCUT2D eigenvalue weighted by Crippen LogP contribution is 2.34. The van der Waals surface area contributed by atoms with Gasteiger partial charge in [0.2, 0.25) is 0 Å². The number of nitrogens with one attached hydrogen (secondary N) is 3. The second kappa shape index (κ2) is 8.43. The number of nitrogens with zero attached hydrogens (tertiary/aromatic N) is 1. The van der Waals surface area contributed by atoms with Gasteiger partial charge in [0.1, 0.15) is 5.75 Å². The third kappa shape index (κ3) is 5.01. The summed E-state index contributed by atoms with van der Waals surface area (Å²) in [5.41, 5.74) is 1.49. The minimum atomic E-state index is -0.376. The average Bonchev–Trinajstić information content (AvgIpc) is 3.45. The summed E-state index contributed by atoms with van der Waals surface area (Å²) in [5, 5.41) is 19.5. The van der Waals surface area contributed by atoms with E-state index in [1.54, 1.807) is 13.3 Å². The number of anilines is 1. The van der Waals surface area contributed by atoms with E-state index in [1.165, 1.54) is 0 Å². The highest BCUT2D eigenvalue weighted by Gasteiger charge is 2.43. The lowest BCUT2D eigenvalue weighted by Gasteiger charge is -2.18. The molecule has 2 aromatic rings. The lowest BCUT2D eigenvalue weighted by atomic mass is 10.1. The Labute approximate surface area is 159 Å². The standard InChI is InChI=1S/C20H28N4O3/c1-14(5-3-10-22-19(26)24-20(13-25)7-8-20)23-17-12-16(27-2)11-15-6-4-9-21-18(15)17/h4,6,9,11-12,14,23,25H,3,5,7-8,10,13H2,1-2H3,(H2,22,24,26). The van der Waals surface area contributed by atoms with E-state index in [0.717, 1.165) is 48.0 Å². The normalized spacial score (nSPS) is 15.8. The molecule has 146 valence electrons. The van der Waals surface area contributed by atoms with Crippen LogP contribution < -0.4 is 20.7 Å². The Kier molecular flexibility index (Phi) is 6.01. The van der Waals surface area contributed by atoms with Gasteiger partial charge in [-0.2, -0.15) is 0 Å². The molecular weight excluding hydrogens is 344 g/mol. The molecule has 2 amide bonds. The Hall–Kier alpha value is -2.54. The quantitative estimate of drug-likeness (QED) is 0.508. The van der Waals surface area contributed by atoms with Crippen LogP contribution in [0, 0.1) is 0 Å². The third-order valence-electron chi connectivity index (χ3n) is 4.95. The Morgan fingerprint density at radius 1 is 1.41 bits per heavy atom. The summed E-state index contributed by atoms with van der Waals surface area (Å²) < 4.78 is 5.38. The van der Waals surface area contributed by atoms with Gasteiger partial charge in [0.05, 0.1) is 30.5 Å². The minimum absolute atomic E-state index is 0.00387. The van der Waals surface area contributed by atoms with Crippen molar-refractivity contribution in [2.45, 2.75) is 44.2 Å². The molecule has 1 aliphatic rings. The number of hydrogen-bond acceptors (Lipinski definition) is 5. The van der Waals surface area contributed by atoms with Crippen LogP contribution in [-0.2, 0) is 0 Å². The molecule has 4 N–H and O–H groups in total. The van der Waals surface area contributed by atoms with E-state index < -0.39 is 0 Å². The molecule has 27 heavy (non-hydrogen) atoms. The number of ether oxygens (including phenoxy) is 1. The SMILES string of the molecule is COc1cc(NC(C)CCCNC(=O)NC2(CO)CC2)c2ncccc2c1. The van der Waals surface area contributed by atoms with Crippen LogP contribution in [0.4, 0.5) is 10.5 Å². The highest BCUT2D eigenvalue weighted by atomic mass is 16.5. The van der Waals surface area contributed by atoms with Gasteiger partial charge in [-0.25, -0.2) is 4.79 Å². The number of aliphatic hydroxyl groups is 1. The van der Waals surface area contributed by atoms with Crippen LogP contribution in [0.3, 0.4) is 0 Å². The van der Waals surface area contributed by atoms with E-state index in [0.29, 0.717) is 6.54 Å². The van der Waals surface area contributed by atoms with Gasteiger partial charge in [0, 0.05) is 30.2 Å². The molecule has 7 heteroatoms. The van der Waals surface area contributed by atoms with Crippen LogP contribution in [0.1, 0.15) is 32.6 Å². The molecule has 0 aliphatic heterocycles. The summed E-state index contributed by atoms with van der Waals surface area (Å²) in [6.45, 7) is 2.71. The first kappa shape index (κ1) is 19.2. The molecule has 1 heterocycles. The van der Waals surface area contributed by atoms with Crippen LogP contribution >= 0.6 is 0 Å². The van der Waals surface area contributed by atoms with Gasteiger partial charge in [-0.3, -0.25) is 4.98 Å². The fourth-order valence-electron chi connectivity index (χ4n) is 3.10. The second-order valence-electron chi connectivity index (χ2n) is 7.26. The van der Waals surface area contributed by atoms with Crippen molar-refractivity contribution in [2.24, 2.45) is 0 Å². The number of aliphatic hydroxyl groups excluding tert-OH is 1. The molecule has 1 aliphatic carbocycles. The molecular formula is C20H28N4O3. The van der Waals surface area contributed by atoms with E-state index >= 15 is 0 Å². The van der Waals surface area contributed by atoms with Gasteiger partial charge in [-0.1, -0.05) is 6.07 Å². The number of benzene rings is 1. The number of fused-ring (bicyclic) bond motifs is 1. The molecule has 1 fully saturated rings. The van der Waals surface area contributed by atoms with Crippen LogP contribution in [0.5, 0.6) is 5.75 Å². The predicted octanol–water partition coefficient (Wildman–Crippen LogP) is 2.65. The average molecular weight is 372 g/mol. The molecule has 1 unspecified atom stereocenters. The highest BCUT2D eigenvalue weighted by molar-refractivity contribution is 5.91. The zero-order valence-corrected chi connectivity index (χ0v) is 15.9. The lowest BCUT2D eigenvalue weighted by molar-refractivity contribution is 0.209. The maximum Gasteiger partial charge on any atom is 0.315 e. The summed E-state index contributed by atoms with van der Waals surface area (Å²) in [4.78, 5) is 16.3. The molecule has 7 nitrogen and oxygen atoms in total. The Balaban J connectivity index is 1.47. The molecule has 1 saturated carbocycles. The van der Waals surface area contributed by atoms with Crippen molar-refractivity contribution in [3.05, 3.63) is 30.5 Å². The summed E-state index contributed by atoms with van der Waals surface area (Å²) in [5.74, 6) is 0.793. The number of methoxy groups -OCH3 is 1. The molecule has 0 saturated heterocycles. The number of carbonyl (C=O) groups is 1. The summed E-state index contributed by atoms with van der Waals surface area (Å²) in [6.07, 6.45) is 5.23. The lowest BCUT2D eigenvalue weighted by Crippen LogP contribution is -2.45. The number of aromatic nitrogens is 1. The van der Waals surface area contributed by atoms with Crippen molar-refractivity contribution in [2.75, 3.05) is 25.6 Å². The maximum absolute atomic E-state index is 11.8. The van der Waals surface area contributed by atoms with Crippen LogP contribution in [0.15, 0.2) is 30.5 Å². The van der Waals surface area contributed by atoms with Gasteiger partial charge >= 0.3 is 6.03 Å². The van der Waals surface area contributed by atoms with E-state index in [2.05, 4.69) is 27.9 Å². The van der Waals surface area contributed by atoms with Gasteiger partial charge in [0.15, 0.2) is 0 Å². The number of pyridine rings is 1. The zero-order chi connectivity index (χ0) is 19.3. The Morgan fingerprint density at radius 3 is 2.93 bits per heavy atom. The fraction of sp³-hybridized carbons (Fsp3) is 0.500. The number of hydrogen-bond donors (Lipinski definition) is 4. The molecule has 0 bridgehead atoms. The van der Waals surface area contributed by atoms with Crippen molar-refractivity contribution in [1.29, 1.82) is 0 Å². The molecule has 1 aromatic heterocycles. The number of rotatable bonds is 9. The monoisotopic (exact) mass is 372 g/mol. The topological polar surface area (TPSA) is 95.5 Å². The first-order chi connectivity index (χ1) is 13.0. The first-order valence-corrected chi connectivity index (χ1v) is 9.41. The van der Waals surface area contributed by atoms with Gasteiger partial charge in [-0.05, 0) is 44.7 Å². The Morgan fingerprint density at radius 2 is 2.22 bits per heavy atom. The van der Waals surface area contributed by atoms with Gasteiger partial charge in [0.25, 0.3) is 0 Å². The van der Waals surface area contributed by atoms with E-state index in [1.807, 2.05) is 24.3 Å². The van der Waals surface area contributed by atoms with Crippen LogP contribution in [-0.4, -0.2) is 48.0 Å². The van der Waals surface area contributed by atoms with Crippen molar-refractivity contribution in [3.8, 4) is 5.75 Å². The number of urea groups is 1. The summed E-state index contributed by atoms with van der Waals surface area (Å²) in [7, 11) is 1.66. The van der Waals surface area contributed by atoms with Crippen LogP contribution in [0.2, 0.25) is 0 Å². The number of carbonyl (C=O) groups excluding carboxylic acids is 1. The van der Waals surface area contributed by atoms with E-state index in [4.69, 9.17) is 4.74 Å². The van der Waals surface area contributed by atoms with Crippen molar-refractivity contribution >= 4 is 22.6 Å². The van der Waals surface area contributed by atoms with Gasteiger partial charge < -0.3 is 25.8 Å². The van der Waals surface area contributed by atoms with Crippen molar-refractivity contribution in [1.82, 2.24) is 15.6 Å². The van der Waals surface area contributed by atoms with Crippen LogP contribution in [0.25, 0.3) is 10.9 Å². The largest absolute Gasteiger partial charge is 0.497 e. The number of amides is 2. The van der Waals surface area contributed by atoms with Crippen molar-refractivity contribution < 1.29 is 14.6 Å². The summed E-state index contributed by atoms with van der Waals surface area (Å²) in [6, 6.07) is 7.88. The van der Waals surface area contributed by atoms with Gasteiger partial charge in [-0.15, -0.1) is 0 Å². The Bertz CT molecular complexity index is 792. The molecule has 0 radical (unpaired) electrons. The second-order valence-corrected chi connectivity index (χ2v) is 7.26. The minimum Gasteiger partial charge on any atom is -0.497 e. The maximum atomic E-state index is 11.8. The molecule has 1 atom stereocenters. The van der Waals surface area contributed by atoms with Crippen molar-refractivity contribution in [3.63, 3.8) is 0 Å². The van der Waals surface area contributed by atoms with E-state index in [9.17, 15) is 9.90 Å². The zero-order valence-electron chi connectivity index (χ0n) is 15.9. The predicted molar refractivity (Wildman–Crippen MR) is 106 cm³/mol. The summed E-state index contributed by atoms with van der Waals surface area (Å²) >= 11 is 0. The van der Waals surface area contributed by atoms with E-state index in [-0.39, 0.29) is 24.2 Å². The molecule has 1 aromatic carbocycles. The third-order valence-corrected chi connectivity index (χ3v) is 4.95. The fourth-order valence-corrected chi connectivity index (χ4v) is 3.10. The molecule has 3 rings (SSSR count).